The van der Waals surface area contributed by atoms with Gasteiger partial charge in [0.1, 0.15) is 4.83 Å². The van der Waals surface area contributed by atoms with Gasteiger partial charge in [0.25, 0.3) is 0 Å². The lowest BCUT2D eigenvalue weighted by molar-refractivity contribution is 0.788. The van der Waals surface area contributed by atoms with Gasteiger partial charge in [-0.25, -0.2) is 0 Å². The summed E-state index contributed by atoms with van der Waals surface area (Å²) in [7, 11) is 2.00. The van der Waals surface area contributed by atoms with Gasteiger partial charge >= 0.3 is 0 Å². The fourth-order valence-corrected chi connectivity index (χ4v) is 2.70. The third-order valence-corrected chi connectivity index (χ3v) is 3.60. The molecule has 2 aromatic heterocycles. The number of thiophene rings is 1. The number of rotatable bonds is 0. The van der Waals surface area contributed by atoms with E-state index in [9.17, 15) is 0 Å². The van der Waals surface area contributed by atoms with E-state index in [1.807, 2.05) is 23.1 Å². The summed E-state index contributed by atoms with van der Waals surface area (Å²) in [6.45, 7) is 6.41. The highest BCUT2D eigenvalue weighted by atomic mass is 32.1. The van der Waals surface area contributed by atoms with Crippen molar-refractivity contribution in [1.29, 1.82) is 0 Å². The van der Waals surface area contributed by atoms with E-state index in [4.69, 9.17) is 0 Å². The average Bonchev–Trinajstić information content (AvgIpc) is 2.41. The first-order valence-electron chi connectivity index (χ1n) is 4.00. The lowest BCUT2D eigenvalue weighted by Crippen LogP contribution is -1.87. The molecule has 0 atom stereocenters. The molecule has 0 aliphatic rings. The average molecular weight is 180 g/mol. The zero-order valence-electron chi connectivity index (χ0n) is 7.80. The molecule has 3 heteroatoms. The zero-order valence-corrected chi connectivity index (χ0v) is 8.62. The van der Waals surface area contributed by atoms with E-state index in [1.54, 1.807) is 0 Å². The Balaban J connectivity index is 2.98. The Hall–Kier alpha value is -0.830. The molecule has 0 amide bonds. The molecule has 2 heterocycles. The van der Waals surface area contributed by atoms with Crippen molar-refractivity contribution in [2.24, 2.45) is 7.05 Å². The molecular weight excluding hydrogens is 168 g/mol. The SMILES string of the molecule is Cc1sc2c(c(C)nn2C)c1C. The Morgan fingerprint density at radius 2 is 1.92 bits per heavy atom. The second kappa shape index (κ2) is 2.33. The molecule has 0 aliphatic heterocycles. The van der Waals surface area contributed by atoms with E-state index in [2.05, 4.69) is 25.9 Å². The van der Waals surface area contributed by atoms with Crippen LogP contribution < -0.4 is 0 Å². The van der Waals surface area contributed by atoms with Gasteiger partial charge in [-0.1, -0.05) is 0 Å². The number of nitrogens with zero attached hydrogens (tertiary/aromatic N) is 2. The van der Waals surface area contributed by atoms with Crippen LogP contribution in [0.1, 0.15) is 16.1 Å². The molecule has 0 fully saturated rings. The Kier molecular flexibility index (Phi) is 1.51. The maximum atomic E-state index is 4.38. The molecular formula is C9H12N2S. The minimum absolute atomic E-state index is 1.15. The van der Waals surface area contributed by atoms with E-state index >= 15 is 0 Å². The van der Waals surface area contributed by atoms with Gasteiger partial charge in [-0.05, 0) is 26.3 Å². The first-order chi connectivity index (χ1) is 5.61. The van der Waals surface area contributed by atoms with Crippen LogP contribution in [-0.4, -0.2) is 9.78 Å². The molecule has 0 spiro atoms. The van der Waals surface area contributed by atoms with E-state index in [-0.39, 0.29) is 0 Å². The molecule has 0 unspecified atom stereocenters. The minimum Gasteiger partial charge on any atom is -0.258 e. The highest BCUT2D eigenvalue weighted by molar-refractivity contribution is 7.18. The molecule has 0 radical (unpaired) electrons. The number of fused-ring (bicyclic) bond motifs is 1. The molecule has 0 saturated carbocycles. The van der Waals surface area contributed by atoms with Crippen molar-refractivity contribution in [3.63, 3.8) is 0 Å². The van der Waals surface area contributed by atoms with Gasteiger partial charge in [-0.3, -0.25) is 4.68 Å². The Morgan fingerprint density at radius 1 is 1.25 bits per heavy atom. The second-order valence-corrected chi connectivity index (χ2v) is 4.38. The maximum absolute atomic E-state index is 4.38. The normalized spacial score (nSPS) is 11.3. The van der Waals surface area contributed by atoms with Crippen LogP contribution in [0.2, 0.25) is 0 Å². The number of aromatic nitrogens is 2. The van der Waals surface area contributed by atoms with Crippen LogP contribution in [0.4, 0.5) is 0 Å². The largest absolute Gasteiger partial charge is 0.258 e. The fourth-order valence-electron chi connectivity index (χ4n) is 1.58. The third-order valence-electron chi connectivity index (χ3n) is 2.32. The first-order valence-corrected chi connectivity index (χ1v) is 4.82. The van der Waals surface area contributed by atoms with Crippen LogP contribution in [-0.2, 0) is 7.05 Å². The van der Waals surface area contributed by atoms with E-state index in [1.165, 1.54) is 20.7 Å². The molecule has 2 aromatic rings. The molecule has 2 nitrogen and oxygen atoms in total. The molecule has 0 bridgehead atoms. The fraction of sp³-hybridized carbons (Fsp3) is 0.444. The molecule has 0 saturated heterocycles. The van der Waals surface area contributed by atoms with Crippen molar-refractivity contribution < 1.29 is 0 Å². The summed E-state index contributed by atoms with van der Waals surface area (Å²) in [4.78, 5) is 2.70. The predicted octanol–water partition coefficient (Wildman–Crippen LogP) is 2.56. The third kappa shape index (κ3) is 0.829. The molecule has 2 rings (SSSR count). The Bertz CT molecular complexity index is 437. The van der Waals surface area contributed by atoms with Gasteiger partial charge in [-0.2, -0.15) is 5.10 Å². The van der Waals surface area contributed by atoms with Crippen LogP contribution in [0.15, 0.2) is 0 Å². The molecule has 0 N–H and O–H groups in total. The molecule has 0 aromatic carbocycles. The summed E-state index contributed by atoms with van der Waals surface area (Å²) in [5.41, 5.74) is 2.54. The minimum atomic E-state index is 1.15. The quantitative estimate of drug-likeness (QED) is 0.609. The van der Waals surface area contributed by atoms with Crippen LogP contribution >= 0.6 is 11.3 Å². The molecule has 0 aliphatic carbocycles. The highest BCUT2D eigenvalue weighted by Crippen LogP contribution is 2.31. The van der Waals surface area contributed by atoms with Gasteiger partial charge < -0.3 is 0 Å². The number of aryl methyl sites for hydroxylation is 4. The standard InChI is InChI=1S/C9H12N2S/c1-5-7(3)12-9-8(5)6(2)10-11(9)4/h1-4H3. The maximum Gasteiger partial charge on any atom is 0.121 e. The van der Waals surface area contributed by atoms with Gasteiger partial charge in [-0.15, -0.1) is 11.3 Å². The van der Waals surface area contributed by atoms with Crippen molar-refractivity contribution in [2.45, 2.75) is 20.8 Å². The second-order valence-electron chi connectivity index (χ2n) is 3.17. The summed E-state index contributed by atoms with van der Waals surface area (Å²) in [5, 5.41) is 5.73. The highest BCUT2D eigenvalue weighted by Gasteiger charge is 2.11. The molecule has 64 valence electrons. The molecule has 12 heavy (non-hydrogen) atoms. The summed E-state index contributed by atoms with van der Waals surface area (Å²) in [6, 6.07) is 0. The van der Waals surface area contributed by atoms with Gasteiger partial charge in [0.2, 0.25) is 0 Å². The summed E-state index contributed by atoms with van der Waals surface area (Å²) < 4.78 is 1.97. The summed E-state index contributed by atoms with van der Waals surface area (Å²) >= 11 is 1.83. The lowest BCUT2D eigenvalue weighted by atomic mass is 10.2. The van der Waals surface area contributed by atoms with E-state index < -0.39 is 0 Å². The smallest absolute Gasteiger partial charge is 0.121 e. The Morgan fingerprint density at radius 3 is 2.50 bits per heavy atom. The van der Waals surface area contributed by atoms with Crippen LogP contribution in [0, 0.1) is 20.8 Å². The van der Waals surface area contributed by atoms with Crippen LogP contribution in [0.5, 0.6) is 0 Å². The monoisotopic (exact) mass is 180 g/mol. The van der Waals surface area contributed by atoms with Gasteiger partial charge in [0, 0.05) is 17.3 Å². The van der Waals surface area contributed by atoms with Crippen LogP contribution in [0.3, 0.4) is 0 Å². The van der Waals surface area contributed by atoms with E-state index in [0.717, 1.165) is 5.69 Å². The van der Waals surface area contributed by atoms with Crippen molar-refractivity contribution >= 4 is 21.6 Å². The van der Waals surface area contributed by atoms with Gasteiger partial charge in [0.05, 0.1) is 5.69 Å². The topological polar surface area (TPSA) is 17.8 Å². The Labute approximate surface area is 75.8 Å². The van der Waals surface area contributed by atoms with Crippen molar-refractivity contribution in [3.05, 3.63) is 16.1 Å². The predicted molar refractivity (Wildman–Crippen MR) is 52.8 cm³/mol. The zero-order chi connectivity index (χ0) is 8.88. The van der Waals surface area contributed by atoms with Gasteiger partial charge in [0.15, 0.2) is 0 Å². The lowest BCUT2D eigenvalue weighted by Gasteiger charge is -1.88. The number of hydrogen-bond donors (Lipinski definition) is 0. The van der Waals surface area contributed by atoms with Crippen LogP contribution in [0.25, 0.3) is 10.2 Å². The first kappa shape index (κ1) is 7.80. The summed E-state index contributed by atoms with van der Waals surface area (Å²) in [5.74, 6) is 0. The number of hydrogen-bond acceptors (Lipinski definition) is 2. The van der Waals surface area contributed by atoms with Crippen molar-refractivity contribution in [2.75, 3.05) is 0 Å². The van der Waals surface area contributed by atoms with Crippen molar-refractivity contribution in [3.8, 4) is 0 Å². The summed E-state index contributed by atoms with van der Waals surface area (Å²) in [6.07, 6.45) is 0. The van der Waals surface area contributed by atoms with E-state index in [0.29, 0.717) is 0 Å². The van der Waals surface area contributed by atoms with Crippen molar-refractivity contribution in [1.82, 2.24) is 9.78 Å².